The summed E-state index contributed by atoms with van der Waals surface area (Å²) in [6.07, 6.45) is 9.63. The molecule has 3 atom stereocenters. The Morgan fingerprint density at radius 3 is 2.35 bits per heavy atom. The Morgan fingerprint density at radius 2 is 1.82 bits per heavy atom. The summed E-state index contributed by atoms with van der Waals surface area (Å²) >= 11 is 0. The molecule has 100 valence electrons. The van der Waals surface area contributed by atoms with Crippen molar-refractivity contribution in [3.8, 4) is 0 Å². The summed E-state index contributed by atoms with van der Waals surface area (Å²) in [5.41, 5.74) is 6.49. The fourth-order valence-electron chi connectivity index (χ4n) is 4.31. The second-order valence-corrected chi connectivity index (χ2v) is 6.64. The number of hydrogen-bond acceptors (Lipinski definition) is 2. The molecule has 2 fully saturated rings. The van der Waals surface area contributed by atoms with Crippen LogP contribution in [0.4, 0.5) is 0 Å². The van der Waals surface area contributed by atoms with Crippen LogP contribution in [0.25, 0.3) is 0 Å². The first-order chi connectivity index (χ1) is 8.10. The standard InChI is InChI=1S/C15H30N2/c1-12-8-9-15(11-16,13(2)10-12)17(3)14-6-4-5-7-14/h12-14H,4-11,16H2,1-3H3. The second kappa shape index (κ2) is 5.27. The minimum Gasteiger partial charge on any atom is -0.329 e. The van der Waals surface area contributed by atoms with Crippen LogP contribution in [0.1, 0.15) is 58.8 Å². The van der Waals surface area contributed by atoms with Crippen LogP contribution in [0.3, 0.4) is 0 Å². The molecular weight excluding hydrogens is 208 g/mol. The third kappa shape index (κ3) is 2.39. The molecule has 0 heterocycles. The van der Waals surface area contributed by atoms with E-state index in [0.717, 1.165) is 24.4 Å². The summed E-state index contributed by atoms with van der Waals surface area (Å²) < 4.78 is 0. The molecule has 0 aromatic rings. The molecule has 0 bridgehead atoms. The molecule has 2 N–H and O–H groups in total. The number of nitrogens with zero attached hydrogens (tertiary/aromatic N) is 1. The van der Waals surface area contributed by atoms with Crippen LogP contribution in [0, 0.1) is 11.8 Å². The fraction of sp³-hybridized carbons (Fsp3) is 1.00. The molecule has 2 aliphatic rings. The van der Waals surface area contributed by atoms with Crippen LogP contribution < -0.4 is 5.73 Å². The van der Waals surface area contributed by atoms with Crippen molar-refractivity contribution in [1.82, 2.24) is 4.90 Å². The molecule has 0 aliphatic heterocycles. The van der Waals surface area contributed by atoms with Crippen molar-refractivity contribution in [3.05, 3.63) is 0 Å². The van der Waals surface area contributed by atoms with Gasteiger partial charge < -0.3 is 5.73 Å². The third-order valence-electron chi connectivity index (χ3n) is 5.67. The van der Waals surface area contributed by atoms with Crippen LogP contribution in [0.15, 0.2) is 0 Å². The predicted molar refractivity (Wildman–Crippen MR) is 74.0 cm³/mol. The highest BCUT2D eigenvalue weighted by molar-refractivity contribution is 5.01. The van der Waals surface area contributed by atoms with E-state index in [1.54, 1.807) is 0 Å². The Morgan fingerprint density at radius 1 is 1.18 bits per heavy atom. The predicted octanol–water partition coefficient (Wildman–Crippen LogP) is 3.01. The van der Waals surface area contributed by atoms with Gasteiger partial charge in [0.25, 0.3) is 0 Å². The maximum absolute atomic E-state index is 6.20. The highest BCUT2D eigenvalue weighted by Gasteiger charge is 2.44. The minimum absolute atomic E-state index is 0.293. The van der Waals surface area contributed by atoms with Gasteiger partial charge in [-0.05, 0) is 51.0 Å². The van der Waals surface area contributed by atoms with Crippen molar-refractivity contribution in [2.75, 3.05) is 13.6 Å². The van der Waals surface area contributed by atoms with Gasteiger partial charge in [0.1, 0.15) is 0 Å². The third-order valence-corrected chi connectivity index (χ3v) is 5.67. The van der Waals surface area contributed by atoms with Crippen LogP contribution in [0.2, 0.25) is 0 Å². The summed E-state index contributed by atoms with van der Waals surface area (Å²) in [6.45, 7) is 5.66. The van der Waals surface area contributed by atoms with E-state index in [4.69, 9.17) is 5.73 Å². The lowest BCUT2D eigenvalue weighted by Crippen LogP contribution is -2.61. The largest absolute Gasteiger partial charge is 0.329 e. The smallest absolute Gasteiger partial charge is 0.0357 e. The van der Waals surface area contributed by atoms with E-state index >= 15 is 0 Å². The average molecular weight is 238 g/mol. The number of hydrogen-bond donors (Lipinski definition) is 1. The molecule has 2 saturated carbocycles. The van der Waals surface area contributed by atoms with Crippen molar-refractivity contribution < 1.29 is 0 Å². The van der Waals surface area contributed by atoms with Crippen LogP contribution in [-0.4, -0.2) is 30.1 Å². The lowest BCUT2D eigenvalue weighted by molar-refractivity contribution is -0.00842. The van der Waals surface area contributed by atoms with Gasteiger partial charge in [0, 0.05) is 18.1 Å². The highest BCUT2D eigenvalue weighted by atomic mass is 15.2. The molecule has 0 saturated heterocycles. The SMILES string of the molecule is CC1CCC(CN)(N(C)C2CCCC2)C(C)C1. The molecule has 3 unspecified atom stereocenters. The van der Waals surface area contributed by atoms with E-state index in [-0.39, 0.29) is 0 Å². The first-order valence-corrected chi connectivity index (χ1v) is 7.53. The van der Waals surface area contributed by atoms with Gasteiger partial charge in [-0.25, -0.2) is 0 Å². The fourth-order valence-corrected chi connectivity index (χ4v) is 4.31. The molecule has 17 heavy (non-hydrogen) atoms. The highest BCUT2D eigenvalue weighted by Crippen LogP contribution is 2.42. The zero-order valence-electron chi connectivity index (χ0n) is 11.9. The van der Waals surface area contributed by atoms with Gasteiger partial charge >= 0.3 is 0 Å². The monoisotopic (exact) mass is 238 g/mol. The number of likely N-dealkylation sites (N-methyl/N-ethyl adjacent to an activating group) is 1. The molecule has 0 radical (unpaired) electrons. The van der Waals surface area contributed by atoms with E-state index in [9.17, 15) is 0 Å². The van der Waals surface area contributed by atoms with Crippen molar-refractivity contribution >= 4 is 0 Å². The molecule has 0 spiro atoms. The summed E-state index contributed by atoms with van der Waals surface area (Å²) in [4.78, 5) is 2.68. The van der Waals surface area contributed by atoms with Crippen LogP contribution in [-0.2, 0) is 0 Å². The van der Waals surface area contributed by atoms with Gasteiger partial charge in [0.2, 0.25) is 0 Å². The molecule has 2 nitrogen and oxygen atoms in total. The lowest BCUT2D eigenvalue weighted by atomic mass is 9.68. The second-order valence-electron chi connectivity index (χ2n) is 6.64. The maximum Gasteiger partial charge on any atom is 0.0357 e. The lowest BCUT2D eigenvalue weighted by Gasteiger charge is -2.52. The average Bonchev–Trinajstić information content (AvgIpc) is 2.82. The normalized spacial score (nSPS) is 40.1. The van der Waals surface area contributed by atoms with Crippen molar-refractivity contribution in [2.24, 2.45) is 17.6 Å². The first-order valence-electron chi connectivity index (χ1n) is 7.53. The van der Waals surface area contributed by atoms with Gasteiger partial charge in [-0.15, -0.1) is 0 Å². The van der Waals surface area contributed by atoms with Gasteiger partial charge in [0.05, 0.1) is 0 Å². The molecule has 0 aromatic heterocycles. The topological polar surface area (TPSA) is 29.3 Å². The number of nitrogens with two attached hydrogens (primary N) is 1. The van der Waals surface area contributed by atoms with E-state index in [2.05, 4.69) is 25.8 Å². The Bertz CT molecular complexity index is 247. The summed E-state index contributed by atoms with van der Waals surface area (Å²) in [5, 5.41) is 0. The van der Waals surface area contributed by atoms with Gasteiger partial charge in [-0.2, -0.15) is 0 Å². The molecule has 2 rings (SSSR count). The summed E-state index contributed by atoms with van der Waals surface area (Å²) in [7, 11) is 2.34. The van der Waals surface area contributed by atoms with Gasteiger partial charge in [-0.3, -0.25) is 4.90 Å². The summed E-state index contributed by atoms with van der Waals surface area (Å²) in [6, 6.07) is 0.800. The van der Waals surface area contributed by atoms with Crippen LogP contribution in [0.5, 0.6) is 0 Å². The minimum atomic E-state index is 0.293. The quantitative estimate of drug-likeness (QED) is 0.819. The molecular formula is C15H30N2. The Hall–Kier alpha value is -0.0800. The Kier molecular flexibility index (Phi) is 4.14. The van der Waals surface area contributed by atoms with E-state index in [1.165, 1.54) is 44.9 Å². The van der Waals surface area contributed by atoms with E-state index in [1.807, 2.05) is 0 Å². The maximum atomic E-state index is 6.20. The van der Waals surface area contributed by atoms with E-state index in [0.29, 0.717) is 5.54 Å². The van der Waals surface area contributed by atoms with Gasteiger partial charge in [0.15, 0.2) is 0 Å². The number of rotatable bonds is 3. The van der Waals surface area contributed by atoms with E-state index < -0.39 is 0 Å². The molecule has 2 aliphatic carbocycles. The molecule has 0 amide bonds. The Labute approximate surface area is 107 Å². The zero-order valence-corrected chi connectivity index (χ0v) is 11.9. The molecule has 2 heteroatoms. The summed E-state index contributed by atoms with van der Waals surface area (Å²) in [5.74, 6) is 1.64. The zero-order chi connectivity index (χ0) is 12.5. The van der Waals surface area contributed by atoms with Crippen molar-refractivity contribution in [2.45, 2.75) is 70.4 Å². The van der Waals surface area contributed by atoms with Crippen molar-refractivity contribution in [1.29, 1.82) is 0 Å². The van der Waals surface area contributed by atoms with Crippen molar-refractivity contribution in [3.63, 3.8) is 0 Å². The van der Waals surface area contributed by atoms with Crippen LogP contribution >= 0.6 is 0 Å². The first kappa shape index (κ1) is 13.4. The Balaban J connectivity index is 2.11. The van der Waals surface area contributed by atoms with Gasteiger partial charge in [-0.1, -0.05) is 26.7 Å². The molecule has 0 aromatic carbocycles.